The second-order valence-corrected chi connectivity index (χ2v) is 7.31. The van der Waals surface area contributed by atoms with Gasteiger partial charge in [-0.15, -0.1) is 11.3 Å². The number of hydrogen-bond donors (Lipinski definition) is 0. The molecular weight excluding hydrogens is 360 g/mol. The van der Waals surface area contributed by atoms with E-state index in [4.69, 9.17) is 0 Å². The number of aryl methyl sites for hydroxylation is 1. The number of halogens is 2. The molecule has 0 aliphatic heterocycles. The highest BCUT2D eigenvalue weighted by molar-refractivity contribution is 9.11. The van der Waals surface area contributed by atoms with Crippen LogP contribution in [-0.2, 0) is 6.42 Å². The normalized spacial score (nSPS) is 12.6. The van der Waals surface area contributed by atoms with Gasteiger partial charge in [-0.2, -0.15) is 0 Å². The molecule has 90 valence electrons. The van der Waals surface area contributed by atoms with E-state index in [-0.39, 0.29) is 0 Å². The van der Waals surface area contributed by atoms with Crippen molar-refractivity contribution in [1.82, 2.24) is 0 Å². The van der Waals surface area contributed by atoms with Crippen molar-refractivity contribution in [2.75, 3.05) is 5.33 Å². The summed E-state index contributed by atoms with van der Waals surface area (Å²) in [6, 6.07) is 13.0. The van der Waals surface area contributed by atoms with Gasteiger partial charge in [0.05, 0.1) is 3.79 Å². The van der Waals surface area contributed by atoms with E-state index in [0.29, 0.717) is 5.92 Å². The Bertz CT molecular complexity index is 490. The van der Waals surface area contributed by atoms with Crippen molar-refractivity contribution in [3.05, 3.63) is 56.2 Å². The molecule has 0 saturated carbocycles. The van der Waals surface area contributed by atoms with Crippen molar-refractivity contribution in [2.45, 2.75) is 19.3 Å². The molecule has 3 heteroatoms. The Morgan fingerprint density at radius 1 is 1.18 bits per heavy atom. The monoisotopic (exact) mass is 372 g/mol. The minimum atomic E-state index is 0.557. The van der Waals surface area contributed by atoms with Gasteiger partial charge in [-0.25, -0.2) is 0 Å². The van der Waals surface area contributed by atoms with Gasteiger partial charge in [0.1, 0.15) is 0 Å². The molecule has 0 aliphatic carbocycles. The Balaban J connectivity index is 2.20. The van der Waals surface area contributed by atoms with E-state index in [1.54, 1.807) is 0 Å². The van der Waals surface area contributed by atoms with Crippen molar-refractivity contribution in [3.63, 3.8) is 0 Å². The van der Waals surface area contributed by atoms with Crippen LogP contribution in [0.15, 0.2) is 40.2 Å². The minimum absolute atomic E-state index is 0.557. The highest BCUT2D eigenvalue weighted by Crippen LogP contribution is 2.30. The molecule has 1 aromatic heterocycles. The van der Waals surface area contributed by atoms with Crippen LogP contribution in [0.1, 0.15) is 21.9 Å². The Morgan fingerprint density at radius 2 is 1.94 bits per heavy atom. The second-order valence-electron chi connectivity index (χ2n) is 4.12. The van der Waals surface area contributed by atoms with Crippen LogP contribution in [0.5, 0.6) is 0 Å². The van der Waals surface area contributed by atoms with Crippen molar-refractivity contribution in [2.24, 2.45) is 0 Å². The lowest BCUT2D eigenvalue weighted by atomic mass is 9.93. The first kappa shape index (κ1) is 13.3. The molecule has 2 rings (SSSR count). The summed E-state index contributed by atoms with van der Waals surface area (Å²) >= 11 is 8.99. The fourth-order valence-electron chi connectivity index (χ4n) is 2.00. The number of alkyl halides is 1. The van der Waals surface area contributed by atoms with E-state index in [1.165, 1.54) is 19.8 Å². The molecule has 1 heterocycles. The van der Waals surface area contributed by atoms with Crippen molar-refractivity contribution < 1.29 is 0 Å². The van der Waals surface area contributed by atoms with E-state index in [9.17, 15) is 0 Å². The van der Waals surface area contributed by atoms with Gasteiger partial charge in [-0.3, -0.25) is 0 Å². The van der Waals surface area contributed by atoms with Crippen LogP contribution < -0.4 is 0 Å². The third-order valence-electron chi connectivity index (χ3n) is 2.89. The molecule has 1 aromatic carbocycles. The molecule has 0 radical (unpaired) electrons. The topological polar surface area (TPSA) is 0 Å². The Kier molecular flexibility index (Phi) is 4.83. The average molecular weight is 374 g/mol. The zero-order valence-electron chi connectivity index (χ0n) is 9.62. The van der Waals surface area contributed by atoms with Crippen molar-refractivity contribution in [1.29, 1.82) is 0 Å². The number of benzene rings is 1. The summed E-state index contributed by atoms with van der Waals surface area (Å²) in [6.45, 7) is 2.19. The molecule has 1 unspecified atom stereocenters. The predicted molar refractivity (Wildman–Crippen MR) is 83.4 cm³/mol. The molecular formula is C14H14Br2S. The number of hydrogen-bond acceptors (Lipinski definition) is 1. The largest absolute Gasteiger partial charge is 0.133 e. The molecule has 0 aliphatic rings. The average Bonchev–Trinajstić information content (AvgIpc) is 2.73. The van der Waals surface area contributed by atoms with E-state index < -0.39 is 0 Å². The summed E-state index contributed by atoms with van der Waals surface area (Å²) in [4.78, 5) is 1.43. The standard InChI is InChI=1S/C14H14Br2S/c1-10-4-2-3-5-13(10)11(9-15)8-12-6-7-14(16)17-12/h2-7,11H,8-9H2,1H3. The van der Waals surface area contributed by atoms with Crippen LogP contribution in [0, 0.1) is 6.92 Å². The van der Waals surface area contributed by atoms with Gasteiger partial charge in [0.2, 0.25) is 0 Å². The van der Waals surface area contributed by atoms with Gasteiger partial charge in [0.25, 0.3) is 0 Å². The first-order valence-electron chi connectivity index (χ1n) is 5.56. The van der Waals surface area contributed by atoms with Crippen LogP contribution in [0.2, 0.25) is 0 Å². The second kappa shape index (κ2) is 6.17. The maximum Gasteiger partial charge on any atom is 0.0701 e. The molecule has 0 nitrogen and oxygen atoms in total. The number of rotatable bonds is 4. The van der Waals surface area contributed by atoms with Gasteiger partial charge in [-0.05, 0) is 58.5 Å². The predicted octanol–water partition coefficient (Wildman–Crippen LogP) is 5.54. The highest BCUT2D eigenvalue weighted by atomic mass is 79.9. The fraction of sp³-hybridized carbons (Fsp3) is 0.286. The van der Waals surface area contributed by atoms with Gasteiger partial charge >= 0.3 is 0 Å². The zero-order chi connectivity index (χ0) is 12.3. The molecule has 0 bridgehead atoms. The molecule has 0 fully saturated rings. The van der Waals surface area contributed by atoms with Crippen LogP contribution >= 0.6 is 43.2 Å². The third kappa shape index (κ3) is 3.43. The molecule has 0 N–H and O–H groups in total. The Labute approximate surface area is 123 Å². The molecule has 17 heavy (non-hydrogen) atoms. The summed E-state index contributed by atoms with van der Waals surface area (Å²) in [6.07, 6.45) is 1.10. The minimum Gasteiger partial charge on any atom is -0.133 e. The molecule has 0 spiro atoms. The summed E-state index contributed by atoms with van der Waals surface area (Å²) < 4.78 is 1.21. The zero-order valence-corrected chi connectivity index (χ0v) is 13.6. The van der Waals surface area contributed by atoms with Gasteiger partial charge < -0.3 is 0 Å². The highest BCUT2D eigenvalue weighted by Gasteiger charge is 2.14. The summed E-state index contributed by atoms with van der Waals surface area (Å²) in [5.41, 5.74) is 2.83. The number of thiophene rings is 1. The lowest BCUT2D eigenvalue weighted by Crippen LogP contribution is -2.05. The van der Waals surface area contributed by atoms with Crippen molar-refractivity contribution in [3.8, 4) is 0 Å². The Hall–Kier alpha value is -0.120. The molecule has 0 amide bonds. The summed E-state index contributed by atoms with van der Waals surface area (Å²) in [7, 11) is 0. The van der Waals surface area contributed by atoms with Gasteiger partial charge in [0, 0.05) is 10.2 Å². The van der Waals surface area contributed by atoms with E-state index in [0.717, 1.165) is 11.8 Å². The molecule has 2 aromatic rings. The first-order valence-corrected chi connectivity index (χ1v) is 8.29. The summed E-state index contributed by atoms with van der Waals surface area (Å²) in [5, 5.41) is 1.01. The van der Waals surface area contributed by atoms with Gasteiger partial charge in [0.15, 0.2) is 0 Å². The van der Waals surface area contributed by atoms with Crippen molar-refractivity contribution >= 4 is 43.2 Å². The smallest absolute Gasteiger partial charge is 0.0701 e. The van der Waals surface area contributed by atoms with Crippen LogP contribution in [-0.4, -0.2) is 5.33 Å². The quantitative estimate of drug-likeness (QED) is 0.617. The fourth-order valence-corrected chi connectivity index (χ4v) is 4.14. The van der Waals surface area contributed by atoms with Crippen LogP contribution in [0.4, 0.5) is 0 Å². The lowest BCUT2D eigenvalue weighted by Gasteiger charge is -2.16. The first-order chi connectivity index (χ1) is 8.20. The van der Waals surface area contributed by atoms with Crippen LogP contribution in [0.3, 0.4) is 0 Å². The van der Waals surface area contributed by atoms with E-state index in [1.807, 2.05) is 11.3 Å². The summed E-state index contributed by atoms with van der Waals surface area (Å²) in [5.74, 6) is 0.557. The Morgan fingerprint density at radius 3 is 2.53 bits per heavy atom. The van der Waals surface area contributed by atoms with E-state index >= 15 is 0 Å². The van der Waals surface area contributed by atoms with Crippen LogP contribution in [0.25, 0.3) is 0 Å². The molecule has 0 saturated heterocycles. The van der Waals surface area contributed by atoms with Gasteiger partial charge in [-0.1, -0.05) is 40.2 Å². The third-order valence-corrected chi connectivity index (χ3v) is 5.32. The van der Waals surface area contributed by atoms with E-state index in [2.05, 4.69) is 75.2 Å². The maximum absolute atomic E-state index is 3.64. The molecule has 1 atom stereocenters. The lowest BCUT2D eigenvalue weighted by molar-refractivity contribution is 0.779. The maximum atomic E-state index is 3.64. The SMILES string of the molecule is Cc1ccccc1C(CBr)Cc1ccc(Br)s1.